The zero-order chi connectivity index (χ0) is 18.2. The summed E-state index contributed by atoms with van der Waals surface area (Å²) < 4.78 is 27.4. The minimum Gasteiger partial charge on any atom is -0.322 e. The minimum absolute atomic E-state index is 0.0336. The molecule has 7 heteroatoms. The number of sulfonamides is 1. The Hall–Kier alpha value is -1.89. The summed E-state index contributed by atoms with van der Waals surface area (Å²) in [7, 11) is -3.73. The third-order valence-corrected chi connectivity index (χ3v) is 6.01. The van der Waals surface area contributed by atoms with E-state index in [1.807, 2.05) is 32.0 Å². The van der Waals surface area contributed by atoms with E-state index in [1.54, 1.807) is 0 Å². The van der Waals surface area contributed by atoms with Crippen molar-refractivity contribution in [3.63, 3.8) is 0 Å². The second kappa shape index (κ2) is 6.78. The Morgan fingerprint density at radius 1 is 1.12 bits per heavy atom. The molecule has 132 valence electrons. The molecule has 0 heterocycles. The average molecular weight is 379 g/mol. The maximum Gasteiger partial charge on any atom is 0.255 e. The first-order valence-electron chi connectivity index (χ1n) is 7.97. The molecule has 0 radical (unpaired) electrons. The van der Waals surface area contributed by atoms with Crippen molar-refractivity contribution in [2.75, 3.05) is 5.32 Å². The Morgan fingerprint density at radius 2 is 1.84 bits per heavy atom. The fourth-order valence-electron chi connectivity index (χ4n) is 2.48. The predicted octanol–water partition coefficient (Wildman–Crippen LogP) is 3.65. The van der Waals surface area contributed by atoms with Gasteiger partial charge in [0.1, 0.15) is 4.90 Å². The fourth-order valence-corrected chi connectivity index (χ4v) is 4.31. The monoisotopic (exact) mass is 378 g/mol. The molecule has 3 rings (SSSR count). The molecule has 2 aromatic carbocycles. The lowest BCUT2D eigenvalue weighted by molar-refractivity contribution is 0.102. The SMILES string of the molecule is Cc1ccc(NC(=O)c2ccc(Cl)c(S(=O)(=O)NC3CC3)c2)c(C)c1. The first-order valence-corrected chi connectivity index (χ1v) is 9.83. The van der Waals surface area contributed by atoms with Crippen LogP contribution in [0.5, 0.6) is 0 Å². The third-order valence-electron chi connectivity index (χ3n) is 4.01. The number of anilines is 1. The maximum atomic E-state index is 12.5. The second-order valence-electron chi connectivity index (χ2n) is 6.31. The lowest BCUT2D eigenvalue weighted by Crippen LogP contribution is -2.26. The number of rotatable bonds is 5. The molecule has 5 nitrogen and oxygen atoms in total. The van der Waals surface area contributed by atoms with Gasteiger partial charge in [-0.1, -0.05) is 29.3 Å². The smallest absolute Gasteiger partial charge is 0.255 e. The van der Waals surface area contributed by atoms with Crippen LogP contribution in [0.2, 0.25) is 5.02 Å². The lowest BCUT2D eigenvalue weighted by atomic mass is 10.1. The number of halogens is 1. The van der Waals surface area contributed by atoms with Crippen LogP contribution in [0, 0.1) is 13.8 Å². The van der Waals surface area contributed by atoms with Crippen LogP contribution >= 0.6 is 11.6 Å². The number of hydrogen-bond donors (Lipinski definition) is 2. The van der Waals surface area contributed by atoms with Gasteiger partial charge in [-0.3, -0.25) is 4.79 Å². The summed E-state index contributed by atoms with van der Waals surface area (Å²) >= 11 is 6.04. The van der Waals surface area contributed by atoms with Gasteiger partial charge in [-0.05, 0) is 56.5 Å². The van der Waals surface area contributed by atoms with Gasteiger partial charge in [0.25, 0.3) is 5.91 Å². The molecule has 0 unspecified atom stereocenters. The van der Waals surface area contributed by atoms with Gasteiger partial charge in [-0.25, -0.2) is 13.1 Å². The number of amides is 1. The van der Waals surface area contributed by atoms with E-state index >= 15 is 0 Å². The molecule has 0 atom stereocenters. The molecular weight excluding hydrogens is 360 g/mol. The topological polar surface area (TPSA) is 75.3 Å². The van der Waals surface area contributed by atoms with Crippen LogP contribution in [0.1, 0.15) is 34.3 Å². The molecule has 1 saturated carbocycles. The molecule has 0 aromatic heterocycles. The summed E-state index contributed by atoms with van der Waals surface area (Å²) in [5.74, 6) is -0.383. The van der Waals surface area contributed by atoms with Gasteiger partial charge >= 0.3 is 0 Å². The molecule has 0 aliphatic heterocycles. The van der Waals surface area contributed by atoms with Crippen LogP contribution in [0.4, 0.5) is 5.69 Å². The van der Waals surface area contributed by atoms with Gasteiger partial charge in [0.15, 0.2) is 0 Å². The van der Waals surface area contributed by atoms with Crippen LogP contribution < -0.4 is 10.0 Å². The molecule has 2 N–H and O–H groups in total. The van der Waals surface area contributed by atoms with Gasteiger partial charge in [-0.15, -0.1) is 0 Å². The molecule has 25 heavy (non-hydrogen) atoms. The standard InChI is InChI=1S/C18H19ClN2O3S/c1-11-3-8-16(12(2)9-11)20-18(22)13-4-7-15(19)17(10-13)25(23,24)21-14-5-6-14/h3-4,7-10,14,21H,5-6H2,1-2H3,(H,20,22). The summed E-state index contributed by atoms with van der Waals surface area (Å²) in [5, 5.41) is 2.90. The van der Waals surface area contributed by atoms with E-state index in [4.69, 9.17) is 11.6 Å². The van der Waals surface area contributed by atoms with Crippen LogP contribution in [0.25, 0.3) is 0 Å². The predicted molar refractivity (Wildman–Crippen MR) is 98.7 cm³/mol. The number of aryl methyl sites for hydroxylation is 2. The number of carbonyl (C=O) groups excluding carboxylic acids is 1. The zero-order valence-corrected chi connectivity index (χ0v) is 15.5. The molecule has 1 aliphatic carbocycles. The Bertz CT molecular complexity index is 937. The Kier molecular flexibility index (Phi) is 4.86. The first-order chi connectivity index (χ1) is 11.8. The minimum atomic E-state index is -3.73. The molecule has 1 fully saturated rings. The third kappa shape index (κ3) is 4.21. The molecule has 1 aliphatic rings. The highest BCUT2D eigenvalue weighted by Crippen LogP contribution is 2.27. The second-order valence-corrected chi connectivity index (χ2v) is 8.40. The van der Waals surface area contributed by atoms with Crippen molar-refractivity contribution < 1.29 is 13.2 Å². The highest BCUT2D eigenvalue weighted by Gasteiger charge is 2.29. The number of carbonyl (C=O) groups is 1. The Morgan fingerprint density at radius 3 is 2.48 bits per heavy atom. The highest BCUT2D eigenvalue weighted by atomic mass is 35.5. The van der Waals surface area contributed by atoms with Gasteiger partial charge < -0.3 is 5.32 Å². The molecular formula is C18H19ClN2O3S. The normalized spacial score (nSPS) is 14.4. The Balaban J connectivity index is 1.87. The summed E-state index contributed by atoms with van der Waals surface area (Å²) in [6.45, 7) is 3.88. The first kappa shape index (κ1) is 17.9. The van der Waals surface area contributed by atoms with E-state index in [-0.39, 0.29) is 27.4 Å². The van der Waals surface area contributed by atoms with Crippen molar-refractivity contribution in [2.24, 2.45) is 0 Å². The number of benzene rings is 2. The van der Waals surface area contributed by atoms with E-state index in [1.165, 1.54) is 18.2 Å². The van der Waals surface area contributed by atoms with Crippen LogP contribution in [0.3, 0.4) is 0 Å². The van der Waals surface area contributed by atoms with Crippen molar-refractivity contribution >= 4 is 33.2 Å². The van der Waals surface area contributed by atoms with Crippen LogP contribution in [-0.4, -0.2) is 20.4 Å². The van der Waals surface area contributed by atoms with E-state index < -0.39 is 10.0 Å². The lowest BCUT2D eigenvalue weighted by Gasteiger charge is -2.11. The van der Waals surface area contributed by atoms with E-state index in [0.717, 1.165) is 24.0 Å². The number of nitrogens with one attached hydrogen (secondary N) is 2. The van der Waals surface area contributed by atoms with E-state index in [2.05, 4.69) is 10.0 Å². The molecule has 0 saturated heterocycles. The Labute approximate surface area is 152 Å². The summed E-state index contributed by atoms with van der Waals surface area (Å²) in [4.78, 5) is 12.4. The average Bonchev–Trinajstić information content (AvgIpc) is 3.33. The maximum absolute atomic E-state index is 12.5. The van der Waals surface area contributed by atoms with Crippen molar-refractivity contribution in [2.45, 2.75) is 37.6 Å². The number of hydrogen-bond acceptors (Lipinski definition) is 3. The summed E-state index contributed by atoms with van der Waals surface area (Å²) in [5.41, 5.74) is 2.96. The molecule has 1 amide bonds. The highest BCUT2D eigenvalue weighted by molar-refractivity contribution is 7.89. The largest absolute Gasteiger partial charge is 0.322 e. The molecule has 2 aromatic rings. The van der Waals surface area contributed by atoms with Gasteiger partial charge in [0.2, 0.25) is 10.0 Å². The van der Waals surface area contributed by atoms with E-state index in [0.29, 0.717) is 5.69 Å². The van der Waals surface area contributed by atoms with E-state index in [9.17, 15) is 13.2 Å². The van der Waals surface area contributed by atoms with Crippen molar-refractivity contribution in [1.82, 2.24) is 4.72 Å². The fraction of sp³-hybridized carbons (Fsp3) is 0.278. The van der Waals surface area contributed by atoms with Gasteiger partial charge in [0.05, 0.1) is 5.02 Å². The van der Waals surface area contributed by atoms with Gasteiger partial charge in [-0.2, -0.15) is 0 Å². The quantitative estimate of drug-likeness (QED) is 0.833. The van der Waals surface area contributed by atoms with Crippen molar-refractivity contribution in [3.05, 3.63) is 58.1 Å². The van der Waals surface area contributed by atoms with Crippen LogP contribution in [-0.2, 0) is 10.0 Å². The summed E-state index contributed by atoms with van der Waals surface area (Å²) in [6.07, 6.45) is 1.65. The molecule has 0 spiro atoms. The van der Waals surface area contributed by atoms with Crippen LogP contribution in [0.15, 0.2) is 41.3 Å². The zero-order valence-electron chi connectivity index (χ0n) is 14.0. The molecule has 0 bridgehead atoms. The van der Waals surface area contributed by atoms with Crippen molar-refractivity contribution in [3.8, 4) is 0 Å². The van der Waals surface area contributed by atoms with Gasteiger partial charge in [0, 0.05) is 17.3 Å². The summed E-state index contributed by atoms with van der Waals surface area (Å²) in [6, 6.07) is 9.91. The van der Waals surface area contributed by atoms with Crippen molar-refractivity contribution in [1.29, 1.82) is 0 Å².